The summed E-state index contributed by atoms with van der Waals surface area (Å²) in [5.74, 6) is 0.594. The Hall–Kier alpha value is -2.89. The van der Waals surface area contributed by atoms with Gasteiger partial charge in [-0.3, -0.25) is 14.9 Å². The fourth-order valence-electron chi connectivity index (χ4n) is 2.06. The molecule has 0 atom stereocenters. The fraction of sp³-hybridized carbons (Fsp3) is 0.235. The lowest BCUT2D eigenvalue weighted by Crippen LogP contribution is -2.30. The van der Waals surface area contributed by atoms with E-state index in [0.717, 1.165) is 11.3 Å². The number of carbonyl (C=O) groups excluding carboxylic acids is 1. The van der Waals surface area contributed by atoms with Crippen molar-refractivity contribution in [2.24, 2.45) is 0 Å². The average molecular weight is 314 g/mol. The molecule has 0 fully saturated rings. The molecule has 2 aromatic rings. The lowest BCUT2D eigenvalue weighted by atomic mass is 10.2. The van der Waals surface area contributed by atoms with Gasteiger partial charge in [0.15, 0.2) is 0 Å². The Morgan fingerprint density at radius 2 is 1.83 bits per heavy atom. The molecular weight excluding hydrogens is 296 g/mol. The molecule has 0 saturated heterocycles. The first-order chi connectivity index (χ1) is 11.0. The molecule has 2 aromatic carbocycles. The minimum atomic E-state index is -0.492. The Morgan fingerprint density at radius 1 is 1.17 bits per heavy atom. The van der Waals surface area contributed by atoms with E-state index in [2.05, 4.69) is 0 Å². The summed E-state index contributed by atoms with van der Waals surface area (Å²) in [4.78, 5) is 23.9. The highest BCUT2D eigenvalue weighted by molar-refractivity contribution is 5.94. The van der Waals surface area contributed by atoms with Gasteiger partial charge in [0.05, 0.1) is 11.5 Å². The van der Waals surface area contributed by atoms with E-state index in [-0.39, 0.29) is 11.6 Å². The number of ether oxygens (including phenoxy) is 1. The van der Waals surface area contributed by atoms with Crippen LogP contribution in [0, 0.1) is 17.0 Å². The highest BCUT2D eigenvalue weighted by Gasteiger charge is 2.13. The van der Waals surface area contributed by atoms with Crippen LogP contribution in [0.25, 0.3) is 0 Å². The van der Waals surface area contributed by atoms with Crippen LogP contribution < -0.4 is 4.74 Å². The molecule has 0 aliphatic heterocycles. The number of rotatable bonds is 6. The summed E-state index contributed by atoms with van der Waals surface area (Å²) in [6.07, 6.45) is 0. The number of nitro benzene ring substituents is 1. The second-order valence-corrected chi connectivity index (χ2v) is 5.14. The van der Waals surface area contributed by atoms with E-state index >= 15 is 0 Å². The van der Waals surface area contributed by atoms with Gasteiger partial charge in [0.25, 0.3) is 11.6 Å². The molecule has 0 aromatic heterocycles. The summed E-state index contributed by atoms with van der Waals surface area (Å²) in [5.41, 5.74) is 1.41. The number of benzene rings is 2. The first-order valence-corrected chi connectivity index (χ1v) is 7.17. The monoisotopic (exact) mass is 314 g/mol. The van der Waals surface area contributed by atoms with Crippen molar-refractivity contribution in [2.45, 2.75) is 6.92 Å². The summed E-state index contributed by atoms with van der Waals surface area (Å²) in [5, 5.41) is 10.6. The second-order valence-electron chi connectivity index (χ2n) is 5.14. The number of hydrogen-bond acceptors (Lipinski definition) is 4. The average Bonchev–Trinajstić information content (AvgIpc) is 2.56. The molecule has 0 aliphatic rings. The van der Waals surface area contributed by atoms with Crippen LogP contribution in [-0.2, 0) is 0 Å². The molecule has 6 heteroatoms. The molecule has 0 bridgehead atoms. The fourth-order valence-corrected chi connectivity index (χ4v) is 2.06. The zero-order valence-corrected chi connectivity index (χ0v) is 13.1. The Kier molecular flexibility index (Phi) is 5.30. The van der Waals surface area contributed by atoms with E-state index in [1.165, 1.54) is 29.2 Å². The zero-order valence-electron chi connectivity index (χ0n) is 13.1. The summed E-state index contributed by atoms with van der Waals surface area (Å²) in [6, 6.07) is 13.2. The van der Waals surface area contributed by atoms with Gasteiger partial charge >= 0.3 is 0 Å². The van der Waals surface area contributed by atoms with Gasteiger partial charge in [-0.1, -0.05) is 18.2 Å². The normalized spacial score (nSPS) is 10.2. The van der Waals surface area contributed by atoms with Crippen molar-refractivity contribution in [1.82, 2.24) is 4.90 Å². The van der Waals surface area contributed by atoms with Crippen LogP contribution >= 0.6 is 0 Å². The number of nitrogens with zero attached hydrogens (tertiary/aromatic N) is 2. The number of aryl methyl sites for hydroxylation is 1. The predicted molar refractivity (Wildman–Crippen MR) is 86.7 cm³/mol. The van der Waals surface area contributed by atoms with Crippen LogP contribution in [0.5, 0.6) is 5.75 Å². The number of carbonyl (C=O) groups is 1. The molecule has 2 rings (SSSR count). The molecule has 23 heavy (non-hydrogen) atoms. The van der Waals surface area contributed by atoms with E-state index in [9.17, 15) is 14.9 Å². The highest BCUT2D eigenvalue weighted by Crippen LogP contribution is 2.16. The van der Waals surface area contributed by atoms with Crippen LogP contribution in [0.1, 0.15) is 15.9 Å². The van der Waals surface area contributed by atoms with Crippen molar-refractivity contribution in [3.8, 4) is 5.75 Å². The molecule has 120 valence electrons. The maximum atomic E-state index is 12.2. The van der Waals surface area contributed by atoms with Crippen LogP contribution in [0.2, 0.25) is 0 Å². The van der Waals surface area contributed by atoms with E-state index in [1.54, 1.807) is 7.05 Å². The minimum absolute atomic E-state index is 0.0351. The molecule has 6 nitrogen and oxygen atoms in total. The molecule has 0 aliphatic carbocycles. The van der Waals surface area contributed by atoms with Gasteiger partial charge in [-0.25, -0.2) is 0 Å². The maximum Gasteiger partial charge on any atom is 0.269 e. The Labute approximate surface area is 134 Å². The number of likely N-dealkylation sites (N-methyl/N-ethyl adjacent to an activating group) is 1. The molecular formula is C17H18N2O4. The second kappa shape index (κ2) is 7.40. The summed E-state index contributed by atoms with van der Waals surface area (Å²) in [6.45, 7) is 2.76. The maximum absolute atomic E-state index is 12.2. The predicted octanol–water partition coefficient (Wildman–Crippen LogP) is 3.05. The van der Waals surface area contributed by atoms with Crippen LogP contribution in [-0.4, -0.2) is 35.9 Å². The third kappa shape index (κ3) is 4.29. The first-order valence-electron chi connectivity index (χ1n) is 7.17. The summed E-state index contributed by atoms with van der Waals surface area (Å²) in [7, 11) is 1.67. The Bertz CT molecular complexity index is 698. The van der Waals surface area contributed by atoms with Crippen LogP contribution in [0.3, 0.4) is 0 Å². The van der Waals surface area contributed by atoms with Crippen molar-refractivity contribution in [3.63, 3.8) is 0 Å². The molecule has 1 amide bonds. The van der Waals surface area contributed by atoms with Gasteiger partial charge in [-0.05, 0) is 30.7 Å². The van der Waals surface area contributed by atoms with Crippen molar-refractivity contribution in [3.05, 3.63) is 69.8 Å². The van der Waals surface area contributed by atoms with E-state index < -0.39 is 4.92 Å². The first kappa shape index (κ1) is 16.5. The van der Waals surface area contributed by atoms with Gasteiger partial charge in [0, 0.05) is 24.7 Å². The van der Waals surface area contributed by atoms with Gasteiger partial charge in [-0.15, -0.1) is 0 Å². The molecule has 0 radical (unpaired) electrons. The number of amides is 1. The third-order valence-electron chi connectivity index (χ3n) is 3.45. The lowest BCUT2D eigenvalue weighted by Gasteiger charge is -2.18. The minimum Gasteiger partial charge on any atom is -0.491 e. The SMILES string of the molecule is Cc1ccccc1OCCN(C)C(=O)c1ccc([N+](=O)[O-])cc1. The molecule has 0 heterocycles. The standard InChI is InChI=1S/C17H18N2O4/c1-13-5-3-4-6-16(13)23-12-11-18(2)17(20)14-7-9-15(10-8-14)19(21)22/h3-10H,11-12H2,1-2H3. The largest absolute Gasteiger partial charge is 0.491 e. The molecule has 0 N–H and O–H groups in total. The van der Waals surface area contributed by atoms with Crippen molar-refractivity contribution < 1.29 is 14.5 Å². The quantitative estimate of drug-likeness (QED) is 0.607. The van der Waals surface area contributed by atoms with E-state index in [4.69, 9.17) is 4.74 Å². The number of non-ortho nitro benzene ring substituents is 1. The smallest absolute Gasteiger partial charge is 0.269 e. The van der Waals surface area contributed by atoms with Gasteiger partial charge in [-0.2, -0.15) is 0 Å². The zero-order chi connectivity index (χ0) is 16.8. The van der Waals surface area contributed by atoms with Gasteiger partial charge in [0.2, 0.25) is 0 Å². The number of para-hydroxylation sites is 1. The Morgan fingerprint density at radius 3 is 2.43 bits per heavy atom. The number of hydrogen-bond donors (Lipinski definition) is 0. The molecule has 0 saturated carbocycles. The third-order valence-corrected chi connectivity index (χ3v) is 3.45. The summed E-state index contributed by atoms with van der Waals surface area (Å²) >= 11 is 0. The Balaban J connectivity index is 1.90. The van der Waals surface area contributed by atoms with Crippen LogP contribution in [0.15, 0.2) is 48.5 Å². The summed E-state index contributed by atoms with van der Waals surface area (Å²) < 4.78 is 5.66. The van der Waals surface area contributed by atoms with Crippen molar-refractivity contribution in [1.29, 1.82) is 0 Å². The highest BCUT2D eigenvalue weighted by atomic mass is 16.6. The van der Waals surface area contributed by atoms with Gasteiger partial charge in [0.1, 0.15) is 12.4 Å². The molecule has 0 unspecified atom stereocenters. The van der Waals surface area contributed by atoms with Crippen molar-refractivity contribution in [2.75, 3.05) is 20.2 Å². The van der Waals surface area contributed by atoms with E-state index in [0.29, 0.717) is 18.7 Å². The molecule has 0 spiro atoms. The van der Waals surface area contributed by atoms with E-state index in [1.807, 2.05) is 31.2 Å². The van der Waals surface area contributed by atoms with Crippen LogP contribution in [0.4, 0.5) is 5.69 Å². The van der Waals surface area contributed by atoms with Gasteiger partial charge < -0.3 is 9.64 Å². The topological polar surface area (TPSA) is 72.7 Å². The lowest BCUT2D eigenvalue weighted by molar-refractivity contribution is -0.384. The number of nitro groups is 1. The van der Waals surface area contributed by atoms with Crippen molar-refractivity contribution >= 4 is 11.6 Å².